The minimum absolute atomic E-state index is 0.0197. The number of carbonyl (C=O) groups is 2. The number of nitrogens with one attached hydrogen (secondary N) is 1. The SMILES string of the molecule is CC1CCN(C(=O)CC2C(=O)NCCN2Cc2ccc(Cl)c(F)c2)CC1. The molecule has 2 heterocycles. The number of piperazine rings is 1. The molecule has 0 radical (unpaired) electrons. The summed E-state index contributed by atoms with van der Waals surface area (Å²) >= 11 is 5.74. The maximum absolute atomic E-state index is 13.7. The van der Waals surface area contributed by atoms with Crippen LogP contribution in [-0.2, 0) is 16.1 Å². The van der Waals surface area contributed by atoms with Crippen LogP contribution in [0.5, 0.6) is 0 Å². The van der Waals surface area contributed by atoms with Crippen molar-refractivity contribution in [3.05, 3.63) is 34.6 Å². The van der Waals surface area contributed by atoms with Gasteiger partial charge >= 0.3 is 0 Å². The summed E-state index contributed by atoms with van der Waals surface area (Å²) in [6.07, 6.45) is 2.18. The standard InChI is InChI=1S/C19H25ClFN3O2/c1-13-4-7-23(8-5-13)18(25)11-17-19(26)22-6-9-24(17)12-14-2-3-15(20)16(21)10-14/h2-3,10,13,17H,4-9,11-12H2,1H3,(H,22,26). The molecular weight excluding hydrogens is 357 g/mol. The number of halogens is 2. The van der Waals surface area contributed by atoms with Gasteiger partial charge in [0.1, 0.15) is 5.82 Å². The molecule has 1 unspecified atom stereocenters. The number of hydrogen-bond acceptors (Lipinski definition) is 3. The van der Waals surface area contributed by atoms with Gasteiger partial charge in [-0.15, -0.1) is 0 Å². The third kappa shape index (κ3) is 4.54. The first-order valence-corrected chi connectivity index (χ1v) is 9.55. The van der Waals surface area contributed by atoms with Gasteiger partial charge in [0.15, 0.2) is 0 Å². The van der Waals surface area contributed by atoms with Crippen LogP contribution >= 0.6 is 11.6 Å². The van der Waals surface area contributed by atoms with Crippen LogP contribution in [0.4, 0.5) is 4.39 Å². The van der Waals surface area contributed by atoms with E-state index in [4.69, 9.17) is 11.6 Å². The van der Waals surface area contributed by atoms with E-state index in [0.717, 1.165) is 31.5 Å². The predicted octanol–water partition coefficient (Wildman–Crippen LogP) is 2.43. The third-order valence-corrected chi connectivity index (χ3v) is 5.62. The summed E-state index contributed by atoms with van der Waals surface area (Å²) in [5.74, 6) is 0.0599. The summed E-state index contributed by atoms with van der Waals surface area (Å²) in [6.45, 7) is 5.29. The second-order valence-corrected chi connectivity index (χ2v) is 7.70. The molecule has 2 saturated heterocycles. The zero-order chi connectivity index (χ0) is 18.7. The van der Waals surface area contributed by atoms with Gasteiger partial charge < -0.3 is 10.2 Å². The van der Waals surface area contributed by atoms with E-state index in [-0.39, 0.29) is 23.3 Å². The van der Waals surface area contributed by atoms with Gasteiger partial charge in [0, 0.05) is 32.7 Å². The monoisotopic (exact) mass is 381 g/mol. The van der Waals surface area contributed by atoms with Gasteiger partial charge in [-0.05, 0) is 36.5 Å². The van der Waals surface area contributed by atoms with Gasteiger partial charge in [-0.2, -0.15) is 0 Å². The van der Waals surface area contributed by atoms with Gasteiger partial charge in [-0.25, -0.2) is 4.39 Å². The van der Waals surface area contributed by atoms with Crippen LogP contribution in [0.25, 0.3) is 0 Å². The molecule has 142 valence electrons. The van der Waals surface area contributed by atoms with Crippen molar-refractivity contribution >= 4 is 23.4 Å². The lowest BCUT2D eigenvalue weighted by Gasteiger charge is -2.37. The van der Waals surface area contributed by atoms with E-state index in [2.05, 4.69) is 12.2 Å². The highest BCUT2D eigenvalue weighted by molar-refractivity contribution is 6.30. The van der Waals surface area contributed by atoms with E-state index >= 15 is 0 Å². The largest absolute Gasteiger partial charge is 0.353 e. The van der Waals surface area contributed by atoms with E-state index in [9.17, 15) is 14.0 Å². The Morgan fingerprint density at radius 1 is 1.31 bits per heavy atom. The molecule has 0 bridgehead atoms. The molecule has 3 rings (SSSR count). The first-order valence-electron chi connectivity index (χ1n) is 9.17. The number of amides is 2. The molecule has 7 heteroatoms. The Labute approximate surface area is 158 Å². The maximum Gasteiger partial charge on any atom is 0.237 e. The minimum Gasteiger partial charge on any atom is -0.353 e. The molecule has 1 N–H and O–H groups in total. The maximum atomic E-state index is 13.7. The summed E-state index contributed by atoms with van der Waals surface area (Å²) in [7, 11) is 0. The number of carbonyl (C=O) groups excluding carboxylic acids is 2. The Morgan fingerprint density at radius 3 is 2.73 bits per heavy atom. The van der Waals surface area contributed by atoms with Crippen molar-refractivity contribution in [1.82, 2.24) is 15.1 Å². The molecule has 2 fully saturated rings. The average molecular weight is 382 g/mol. The van der Waals surface area contributed by atoms with Crippen molar-refractivity contribution < 1.29 is 14.0 Å². The zero-order valence-electron chi connectivity index (χ0n) is 15.0. The van der Waals surface area contributed by atoms with Crippen molar-refractivity contribution in [2.75, 3.05) is 26.2 Å². The van der Waals surface area contributed by atoms with Crippen molar-refractivity contribution in [1.29, 1.82) is 0 Å². The summed E-state index contributed by atoms with van der Waals surface area (Å²) in [6, 6.07) is 4.14. The summed E-state index contributed by atoms with van der Waals surface area (Å²) < 4.78 is 13.7. The van der Waals surface area contributed by atoms with Crippen LogP contribution in [0, 0.1) is 11.7 Å². The normalized spacial score (nSPS) is 22.3. The Morgan fingerprint density at radius 2 is 2.04 bits per heavy atom. The first-order chi connectivity index (χ1) is 12.4. The van der Waals surface area contributed by atoms with Crippen molar-refractivity contribution in [2.45, 2.75) is 38.8 Å². The van der Waals surface area contributed by atoms with Crippen LogP contribution in [0.15, 0.2) is 18.2 Å². The van der Waals surface area contributed by atoms with Gasteiger partial charge in [0.2, 0.25) is 11.8 Å². The molecule has 0 aliphatic carbocycles. The molecule has 0 spiro atoms. The lowest BCUT2D eigenvalue weighted by molar-refractivity contribution is -0.140. The second-order valence-electron chi connectivity index (χ2n) is 7.29. The van der Waals surface area contributed by atoms with Crippen LogP contribution < -0.4 is 5.32 Å². The molecule has 5 nitrogen and oxygen atoms in total. The van der Waals surface area contributed by atoms with Crippen molar-refractivity contribution in [3.63, 3.8) is 0 Å². The van der Waals surface area contributed by atoms with Gasteiger partial charge in [0.05, 0.1) is 17.5 Å². The quantitative estimate of drug-likeness (QED) is 0.871. The molecule has 0 saturated carbocycles. The molecule has 1 atom stereocenters. The molecule has 1 aromatic rings. The van der Waals surface area contributed by atoms with E-state index in [1.165, 1.54) is 12.1 Å². The fourth-order valence-corrected chi connectivity index (χ4v) is 3.72. The Balaban J connectivity index is 1.66. The average Bonchev–Trinajstić information content (AvgIpc) is 2.61. The van der Waals surface area contributed by atoms with Gasteiger partial charge in [0.25, 0.3) is 0 Å². The number of benzene rings is 1. The number of hydrogen-bond donors (Lipinski definition) is 1. The van der Waals surface area contributed by atoms with E-state index < -0.39 is 11.9 Å². The fourth-order valence-electron chi connectivity index (χ4n) is 3.60. The van der Waals surface area contributed by atoms with E-state index in [1.54, 1.807) is 6.07 Å². The van der Waals surface area contributed by atoms with E-state index in [0.29, 0.717) is 25.6 Å². The highest BCUT2D eigenvalue weighted by Gasteiger charge is 2.33. The van der Waals surface area contributed by atoms with Crippen LogP contribution in [0.1, 0.15) is 31.7 Å². The van der Waals surface area contributed by atoms with Crippen molar-refractivity contribution in [2.24, 2.45) is 5.92 Å². The highest BCUT2D eigenvalue weighted by atomic mass is 35.5. The van der Waals surface area contributed by atoms with Gasteiger partial charge in [-0.3, -0.25) is 14.5 Å². The number of nitrogens with zero attached hydrogens (tertiary/aromatic N) is 2. The first kappa shape index (κ1) is 19.1. The number of piperidine rings is 1. The number of likely N-dealkylation sites (tertiary alicyclic amines) is 1. The molecule has 1 aromatic carbocycles. The fraction of sp³-hybridized carbons (Fsp3) is 0.579. The Kier molecular flexibility index (Phi) is 6.14. The molecule has 0 aromatic heterocycles. The van der Waals surface area contributed by atoms with Crippen LogP contribution in [0.3, 0.4) is 0 Å². The lowest BCUT2D eigenvalue weighted by atomic mass is 9.98. The summed E-state index contributed by atoms with van der Waals surface area (Å²) in [5.41, 5.74) is 0.742. The molecule has 26 heavy (non-hydrogen) atoms. The Hall–Kier alpha value is -1.66. The second kappa shape index (κ2) is 8.35. The minimum atomic E-state index is -0.519. The Bertz CT molecular complexity index is 677. The molecular formula is C19H25ClFN3O2. The number of rotatable bonds is 4. The molecule has 2 aliphatic heterocycles. The van der Waals surface area contributed by atoms with Gasteiger partial charge in [-0.1, -0.05) is 24.6 Å². The third-order valence-electron chi connectivity index (χ3n) is 5.32. The van der Waals surface area contributed by atoms with Crippen molar-refractivity contribution in [3.8, 4) is 0 Å². The molecule has 2 amide bonds. The van der Waals surface area contributed by atoms with E-state index in [1.807, 2.05) is 9.80 Å². The highest BCUT2D eigenvalue weighted by Crippen LogP contribution is 2.21. The topological polar surface area (TPSA) is 52.7 Å². The summed E-state index contributed by atoms with van der Waals surface area (Å²) in [4.78, 5) is 28.8. The molecule has 2 aliphatic rings. The van der Waals surface area contributed by atoms with Crippen LogP contribution in [-0.4, -0.2) is 53.8 Å². The summed E-state index contributed by atoms with van der Waals surface area (Å²) in [5, 5.41) is 2.92. The zero-order valence-corrected chi connectivity index (χ0v) is 15.8. The smallest absolute Gasteiger partial charge is 0.237 e. The lowest BCUT2D eigenvalue weighted by Crippen LogP contribution is -2.56. The predicted molar refractivity (Wildman–Crippen MR) is 98.2 cm³/mol. The van der Waals surface area contributed by atoms with Crippen LogP contribution in [0.2, 0.25) is 5.02 Å².